The molecule has 1 aromatic rings. The Balaban J connectivity index is 1.37. The van der Waals surface area contributed by atoms with Crippen molar-refractivity contribution in [2.24, 2.45) is 0 Å². The molecule has 4 unspecified atom stereocenters. The first-order chi connectivity index (χ1) is 12.3. The second kappa shape index (κ2) is 5.76. The lowest BCUT2D eigenvalue weighted by Gasteiger charge is -2.33. The van der Waals surface area contributed by atoms with Gasteiger partial charge in [-0.05, 0) is 27.8 Å². The molecule has 5 aliphatic rings. The molecule has 4 fully saturated rings. The molecule has 25 heavy (non-hydrogen) atoms. The van der Waals surface area contributed by atoms with Crippen molar-refractivity contribution < 1.29 is 18.9 Å². The van der Waals surface area contributed by atoms with Crippen molar-refractivity contribution in [1.29, 1.82) is 0 Å². The maximum absolute atomic E-state index is 5.58. The maximum Gasteiger partial charge on any atom is 0.0936 e. The van der Waals surface area contributed by atoms with E-state index in [4.69, 9.17) is 18.9 Å². The van der Waals surface area contributed by atoms with Crippen LogP contribution in [-0.2, 0) is 51.3 Å². The topological polar surface area (TPSA) is 53.4 Å². The van der Waals surface area contributed by atoms with Gasteiger partial charge in [0.25, 0.3) is 0 Å². The number of rotatable bonds is 8. The van der Waals surface area contributed by atoms with Crippen molar-refractivity contribution in [1.82, 2.24) is 4.90 Å². The molecular weight excluding hydrogens is 318 g/mol. The van der Waals surface area contributed by atoms with Crippen molar-refractivity contribution in [3.05, 3.63) is 33.9 Å². The molecule has 2 bridgehead atoms. The number of ether oxygens (including phenoxy) is 4. The quantitative estimate of drug-likeness (QED) is 0.665. The Bertz CT molecular complexity index is 689. The van der Waals surface area contributed by atoms with Crippen LogP contribution in [0.2, 0.25) is 0 Å². The van der Waals surface area contributed by atoms with Crippen LogP contribution < -0.4 is 0 Å². The Morgan fingerprint density at radius 1 is 0.760 bits per heavy atom. The largest absolute Gasteiger partial charge is 0.373 e. The van der Waals surface area contributed by atoms with Crippen LogP contribution in [0.4, 0.5) is 0 Å². The number of hydrogen-bond donors (Lipinski definition) is 0. The van der Waals surface area contributed by atoms with Gasteiger partial charge in [-0.2, -0.15) is 0 Å². The Hall–Kier alpha value is -0.980. The fourth-order valence-electron chi connectivity index (χ4n) is 4.35. The molecule has 0 radical (unpaired) electrons. The van der Waals surface area contributed by atoms with Crippen molar-refractivity contribution in [2.45, 2.75) is 56.8 Å². The van der Waals surface area contributed by atoms with Gasteiger partial charge in [0.15, 0.2) is 0 Å². The van der Waals surface area contributed by atoms with E-state index in [-0.39, 0.29) is 0 Å². The minimum absolute atomic E-state index is 0.424. The third-order valence-corrected chi connectivity index (χ3v) is 6.01. The first-order valence-corrected chi connectivity index (χ1v) is 9.66. The number of fused-ring (bicyclic) bond motifs is 2. The second-order valence-electron chi connectivity index (χ2n) is 8.23. The number of nitrogens with zero attached hydrogens (tertiary/aromatic N) is 1. The zero-order valence-corrected chi connectivity index (χ0v) is 14.5. The molecule has 1 aromatic carbocycles. The standard InChI is InChI=1S/C20H25NO4/c1-12(2-14-8-22-14)18(3-15-9-23-15)20-7-21(6-17-11-25-17)5-13(1)19(20)4-16-10-24-16/h1,14-17H,2-11H2. The van der Waals surface area contributed by atoms with E-state index in [0.29, 0.717) is 24.4 Å². The average Bonchev–Trinajstić information content (AvgIpc) is 3.42. The van der Waals surface area contributed by atoms with E-state index in [9.17, 15) is 0 Å². The molecule has 5 aliphatic heterocycles. The zero-order chi connectivity index (χ0) is 16.4. The van der Waals surface area contributed by atoms with Gasteiger partial charge >= 0.3 is 0 Å². The lowest BCUT2D eigenvalue weighted by molar-refractivity contribution is 0.216. The molecule has 0 amide bonds. The Kier molecular flexibility index (Phi) is 3.48. The van der Waals surface area contributed by atoms with Crippen molar-refractivity contribution in [3.8, 4) is 0 Å². The molecule has 5 heterocycles. The van der Waals surface area contributed by atoms with Gasteiger partial charge in [-0.1, -0.05) is 6.07 Å². The minimum atomic E-state index is 0.424. The highest BCUT2D eigenvalue weighted by molar-refractivity contribution is 5.49. The Morgan fingerprint density at radius 3 is 2.00 bits per heavy atom. The van der Waals surface area contributed by atoms with Gasteiger partial charge in [-0.3, -0.25) is 4.90 Å². The highest BCUT2D eigenvalue weighted by atomic mass is 16.6. The number of benzene rings is 1. The molecule has 4 saturated heterocycles. The van der Waals surface area contributed by atoms with Gasteiger partial charge in [-0.15, -0.1) is 0 Å². The normalized spacial score (nSPS) is 34.9. The third-order valence-electron chi connectivity index (χ3n) is 6.01. The van der Waals surface area contributed by atoms with E-state index in [1.807, 2.05) is 0 Å². The van der Waals surface area contributed by atoms with Gasteiger partial charge in [0.1, 0.15) is 0 Å². The summed E-state index contributed by atoms with van der Waals surface area (Å²) in [4.78, 5) is 2.56. The molecule has 6 rings (SSSR count). The molecular formula is C20H25NO4. The predicted molar refractivity (Wildman–Crippen MR) is 90.6 cm³/mol. The van der Waals surface area contributed by atoms with E-state index in [1.54, 1.807) is 16.7 Å². The van der Waals surface area contributed by atoms with Crippen LogP contribution in [0, 0.1) is 0 Å². The number of hydrogen-bond acceptors (Lipinski definition) is 5. The first kappa shape index (κ1) is 15.1. The average molecular weight is 343 g/mol. The van der Waals surface area contributed by atoms with Crippen molar-refractivity contribution >= 4 is 0 Å². The van der Waals surface area contributed by atoms with Gasteiger partial charge < -0.3 is 18.9 Å². The van der Waals surface area contributed by atoms with Crippen molar-refractivity contribution in [2.75, 3.05) is 33.0 Å². The summed E-state index contributed by atoms with van der Waals surface area (Å²) in [5, 5.41) is 0. The number of epoxide rings is 4. The fourth-order valence-corrected chi connectivity index (χ4v) is 4.35. The van der Waals surface area contributed by atoms with E-state index in [1.165, 1.54) is 11.1 Å². The van der Waals surface area contributed by atoms with Crippen LogP contribution >= 0.6 is 0 Å². The smallest absolute Gasteiger partial charge is 0.0936 e. The van der Waals surface area contributed by atoms with E-state index in [2.05, 4.69) is 11.0 Å². The monoisotopic (exact) mass is 343 g/mol. The molecule has 4 atom stereocenters. The van der Waals surface area contributed by atoms with Crippen LogP contribution in [0.5, 0.6) is 0 Å². The molecule has 0 aliphatic carbocycles. The lowest BCUT2D eigenvalue weighted by atomic mass is 9.83. The zero-order valence-electron chi connectivity index (χ0n) is 14.5. The third kappa shape index (κ3) is 3.36. The molecule has 0 spiro atoms. The summed E-state index contributed by atoms with van der Waals surface area (Å²) in [6.07, 6.45) is 4.96. The molecule has 5 nitrogen and oxygen atoms in total. The Labute approximate surface area is 148 Å². The van der Waals surface area contributed by atoms with Gasteiger partial charge in [0.05, 0.1) is 50.8 Å². The van der Waals surface area contributed by atoms with Gasteiger partial charge in [0.2, 0.25) is 0 Å². The molecule has 5 heteroatoms. The first-order valence-electron chi connectivity index (χ1n) is 9.66. The molecule has 0 N–H and O–H groups in total. The van der Waals surface area contributed by atoms with Gasteiger partial charge in [0, 0.05) is 38.9 Å². The van der Waals surface area contributed by atoms with Gasteiger partial charge in [-0.25, -0.2) is 0 Å². The maximum atomic E-state index is 5.58. The fraction of sp³-hybridized carbons (Fsp3) is 0.700. The molecule has 0 saturated carbocycles. The summed E-state index contributed by atoms with van der Waals surface area (Å²) >= 11 is 0. The van der Waals surface area contributed by atoms with E-state index < -0.39 is 0 Å². The highest BCUT2D eigenvalue weighted by Crippen LogP contribution is 2.37. The van der Waals surface area contributed by atoms with Crippen LogP contribution in [-0.4, -0.2) is 62.3 Å². The second-order valence-corrected chi connectivity index (χ2v) is 8.23. The van der Waals surface area contributed by atoms with Crippen LogP contribution in [0.25, 0.3) is 0 Å². The van der Waals surface area contributed by atoms with Crippen LogP contribution in [0.1, 0.15) is 27.8 Å². The minimum Gasteiger partial charge on any atom is -0.373 e. The summed E-state index contributed by atoms with van der Waals surface area (Å²) in [7, 11) is 0. The predicted octanol–water partition coefficient (Wildman–Crippen LogP) is 1.22. The summed E-state index contributed by atoms with van der Waals surface area (Å²) in [5.74, 6) is 0. The lowest BCUT2D eigenvalue weighted by Crippen LogP contribution is -2.33. The summed E-state index contributed by atoms with van der Waals surface area (Å²) < 4.78 is 22.1. The van der Waals surface area contributed by atoms with E-state index >= 15 is 0 Å². The molecule has 0 aromatic heterocycles. The summed E-state index contributed by atoms with van der Waals surface area (Å²) in [5.41, 5.74) is 7.68. The van der Waals surface area contributed by atoms with Crippen LogP contribution in [0.3, 0.4) is 0 Å². The Morgan fingerprint density at radius 2 is 1.36 bits per heavy atom. The molecule has 134 valence electrons. The highest BCUT2D eigenvalue weighted by Gasteiger charge is 2.36. The summed E-state index contributed by atoms with van der Waals surface area (Å²) in [6.45, 7) is 6.86. The van der Waals surface area contributed by atoms with Crippen molar-refractivity contribution in [3.63, 3.8) is 0 Å². The van der Waals surface area contributed by atoms with Crippen LogP contribution in [0.15, 0.2) is 6.07 Å². The summed E-state index contributed by atoms with van der Waals surface area (Å²) in [6, 6.07) is 2.47. The van der Waals surface area contributed by atoms with E-state index in [0.717, 1.165) is 65.3 Å². The SMILES string of the molecule is c1c(CC2CO2)c(CC2CO2)c2c(CC3CO3)c1CN(CC1CO1)C2.